The maximum Gasteiger partial charge on any atom is 0.246 e. The predicted molar refractivity (Wildman–Crippen MR) is 135 cm³/mol. The fraction of sp³-hybridized carbons (Fsp3) is 0.179. The average molecular weight is 450 g/mol. The van der Waals surface area contributed by atoms with Crippen molar-refractivity contribution in [1.29, 1.82) is 0 Å². The van der Waals surface area contributed by atoms with E-state index in [9.17, 15) is 4.79 Å². The Labute approximate surface area is 199 Å². The lowest BCUT2D eigenvalue weighted by Gasteiger charge is -2.34. The number of hydrogen-bond donors (Lipinski definition) is 0. The molecule has 1 fully saturated rings. The Balaban J connectivity index is 1.30. The van der Waals surface area contributed by atoms with Crippen LogP contribution in [0, 0.1) is 0 Å². The van der Waals surface area contributed by atoms with E-state index in [1.54, 1.807) is 12.3 Å². The van der Waals surface area contributed by atoms with Crippen LogP contribution < -0.4 is 4.90 Å². The monoisotopic (exact) mass is 449 g/mol. The minimum Gasteiger partial charge on any atom is -0.353 e. The van der Waals surface area contributed by atoms with Crippen molar-refractivity contribution in [3.05, 3.63) is 108 Å². The van der Waals surface area contributed by atoms with Gasteiger partial charge in [0, 0.05) is 55.8 Å². The molecule has 1 saturated heterocycles. The van der Waals surface area contributed by atoms with Gasteiger partial charge in [-0.25, -0.2) is 4.98 Å². The number of carbonyl (C=O) groups is 1. The first-order valence-electron chi connectivity index (χ1n) is 11.6. The lowest BCUT2D eigenvalue weighted by Crippen LogP contribution is -2.48. The fourth-order valence-electron chi connectivity index (χ4n) is 4.19. The number of benzene rings is 2. The van der Waals surface area contributed by atoms with Crippen LogP contribution in [0.1, 0.15) is 11.1 Å². The Morgan fingerprint density at radius 2 is 1.56 bits per heavy atom. The first-order valence-corrected chi connectivity index (χ1v) is 11.6. The molecule has 1 aliphatic rings. The molecule has 34 heavy (non-hydrogen) atoms. The normalized spacial score (nSPS) is 14.0. The van der Waals surface area contributed by atoms with E-state index in [-0.39, 0.29) is 5.91 Å². The second-order valence-corrected chi connectivity index (χ2v) is 8.32. The van der Waals surface area contributed by atoms with Crippen LogP contribution in [-0.2, 0) is 11.3 Å². The summed E-state index contributed by atoms with van der Waals surface area (Å²) in [4.78, 5) is 21.5. The molecule has 3 heterocycles. The molecule has 0 atom stereocenters. The van der Waals surface area contributed by atoms with E-state index in [2.05, 4.69) is 22.0 Å². The Morgan fingerprint density at radius 3 is 2.26 bits per heavy atom. The average Bonchev–Trinajstić information content (AvgIpc) is 3.31. The number of nitrogens with zero attached hydrogens (tertiary/aromatic N) is 5. The molecule has 2 aromatic heterocycles. The largest absolute Gasteiger partial charge is 0.353 e. The molecule has 170 valence electrons. The highest BCUT2D eigenvalue weighted by molar-refractivity contribution is 5.93. The number of aromatic nitrogens is 3. The van der Waals surface area contributed by atoms with Crippen molar-refractivity contribution in [1.82, 2.24) is 19.7 Å². The van der Waals surface area contributed by atoms with Crippen molar-refractivity contribution in [2.75, 3.05) is 31.1 Å². The molecule has 0 saturated carbocycles. The Hall–Kier alpha value is -4.19. The van der Waals surface area contributed by atoms with Crippen molar-refractivity contribution in [3.8, 4) is 11.3 Å². The second-order valence-electron chi connectivity index (χ2n) is 8.32. The van der Waals surface area contributed by atoms with Crippen molar-refractivity contribution >= 4 is 17.8 Å². The zero-order valence-electron chi connectivity index (χ0n) is 19.0. The van der Waals surface area contributed by atoms with Crippen LogP contribution in [0.2, 0.25) is 0 Å². The van der Waals surface area contributed by atoms with Crippen molar-refractivity contribution < 1.29 is 4.79 Å². The number of piperazine rings is 1. The zero-order chi connectivity index (χ0) is 23.2. The number of amides is 1. The Bertz CT molecular complexity index is 1240. The predicted octanol–water partition coefficient (Wildman–Crippen LogP) is 4.36. The zero-order valence-corrected chi connectivity index (χ0v) is 19.0. The van der Waals surface area contributed by atoms with Gasteiger partial charge in [-0.2, -0.15) is 5.10 Å². The molecular formula is C28H27N5O. The topological polar surface area (TPSA) is 54.3 Å². The van der Waals surface area contributed by atoms with Gasteiger partial charge in [-0.1, -0.05) is 66.7 Å². The van der Waals surface area contributed by atoms with Gasteiger partial charge in [-0.15, -0.1) is 0 Å². The number of pyridine rings is 1. The standard InChI is InChI=1S/C28H27N5O/c34-27(32-19-17-31(18-20-32)26-13-7-8-16-29-26)15-14-25-22-33(21-23-9-3-1-4-10-23)30-28(25)24-11-5-2-6-12-24/h1-16,22H,17-21H2. The van der Waals surface area contributed by atoms with Crippen LogP contribution in [0.4, 0.5) is 5.82 Å². The smallest absolute Gasteiger partial charge is 0.246 e. The van der Waals surface area contributed by atoms with E-state index in [1.165, 1.54) is 5.56 Å². The molecule has 6 nitrogen and oxygen atoms in total. The summed E-state index contributed by atoms with van der Waals surface area (Å²) < 4.78 is 1.94. The van der Waals surface area contributed by atoms with Gasteiger partial charge in [0.2, 0.25) is 5.91 Å². The summed E-state index contributed by atoms with van der Waals surface area (Å²) >= 11 is 0. The summed E-state index contributed by atoms with van der Waals surface area (Å²) in [6, 6.07) is 26.3. The Kier molecular flexibility index (Phi) is 6.47. The van der Waals surface area contributed by atoms with E-state index in [0.29, 0.717) is 19.6 Å². The van der Waals surface area contributed by atoms with Gasteiger partial charge >= 0.3 is 0 Å². The third-order valence-corrected chi connectivity index (χ3v) is 5.99. The van der Waals surface area contributed by atoms with Crippen LogP contribution in [0.25, 0.3) is 17.3 Å². The van der Waals surface area contributed by atoms with Gasteiger partial charge in [-0.3, -0.25) is 9.48 Å². The van der Waals surface area contributed by atoms with Gasteiger partial charge in [-0.05, 0) is 23.8 Å². The summed E-state index contributed by atoms with van der Waals surface area (Å²) in [6.07, 6.45) is 7.38. The van der Waals surface area contributed by atoms with Crippen LogP contribution >= 0.6 is 0 Å². The van der Waals surface area contributed by atoms with Crippen LogP contribution in [0.5, 0.6) is 0 Å². The highest BCUT2D eigenvalue weighted by Crippen LogP contribution is 2.24. The molecule has 0 N–H and O–H groups in total. The first-order chi connectivity index (χ1) is 16.8. The number of rotatable bonds is 6. The summed E-state index contributed by atoms with van der Waals surface area (Å²) in [5, 5.41) is 4.84. The third-order valence-electron chi connectivity index (χ3n) is 5.99. The minimum absolute atomic E-state index is 0.0236. The van der Waals surface area contributed by atoms with E-state index in [1.807, 2.05) is 88.6 Å². The highest BCUT2D eigenvalue weighted by atomic mass is 16.2. The maximum absolute atomic E-state index is 12.9. The molecule has 0 spiro atoms. The fourth-order valence-corrected chi connectivity index (χ4v) is 4.19. The molecule has 0 radical (unpaired) electrons. The lowest BCUT2D eigenvalue weighted by molar-refractivity contribution is -0.126. The van der Waals surface area contributed by atoms with E-state index >= 15 is 0 Å². The van der Waals surface area contributed by atoms with Crippen molar-refractivity contribution in [3.63, 3.8) is 0 Å². The van der Waals surface area contributed by atoms with Gasteiger partial charge in [0.25, 0.3) is 0 Å². The molecule has 6 heteroatoms. The lowest BCUT2D eigenvalue weighted by atomic mass is 10.1. The van der Waals surface area contributed by atoms with E-state index < -0.39 is 0 Å². The van der Waals surface area contributed by atoms with Crippen LogP contribution in [0.15, 0.2) is 97.3 Å². The third kappa shape index (κ3) is 5.07. The van der Waals surface area contributed by atoms with Crippen LogP contribution in [-0.4, -0.2) is 51.8 Å². The van der Waals surface area contributed by atoms with Gasteiger partial charge in [0.05, 0.1) is 12.2 Å². The number of hydrogen-bond acceptors (Lipinski definition) is 4. The molecule has 4 aromatic rings. The second kappa shape index (κ2) is 10.2. The molecule has 1 amide bonds. The maximum atomic E-state index is 12.9. The molecule has 1 aliphatic heterocycles. The van der Waals surface area contributed by atoms with Crippen LogP contribution in [0.3, 0.4) is 0 Å². The minimum atomic E-state index is 0.0236. The summed E-state index contributed by atoms with van der Waals surface area (Å²) in [5.41, 5.74) is 4.02. The number of carbonyl (C=O) groups excluding carboxylic acids is 1. The number of anilines is 1. The van der Waals surface area contributed by atoms with Crippen molar-refractivity contribution in [2.45, 2.75) is 6.54 Å². The molecule has 0 unspecified atom stereocenters. The summed E-state index contributed by atoms with van der Waals surface area (Å²) in [5.74, 6) is 0.985. The summed E-state index contributed by atoms with van der Waals surface area (Å²) in [6.45, 7) is 3.59. The molecular weight excluding hydrogens is 422 g/mol. The first kappa shape index (κ1) is 21.6. The molecule has 0 aliphatic carbocycles. The van der Waals surface area contributed by atoms with E-state index in [4.69, 9.17) is 5.10 Å². The SMILES string of the molecule is O=C(C=Cc1cn(Cc2ccccc2)nc1-c1ccccc1)N1CCN(c2ccccn2)CC1. The van der Waals surface area contributed by atoms with Gasteiger partial charge in [0.15, 0.2) is 0 Å². The van der Waals surface area contributed by atoms with E-state index in [0.717, 1.165) is 35.7 Å². The molecule has 5 rings (SSSR count). The van der Waals surface area contributed by atoms with Crippen molar-refractivity contribution in [2.24, 2.45) is 0 Å². The summed E-state index contributed by atoms with van der Waals surface area (Å²) in [7, 11) is 0. The highest BCUT2D eigenvalue weighted by Gasteiger charge is 2.20. The molecule has 2 aromatic carbocycles. The Morgan fingerprint density at radius 1 is 0.853 bits per heavy atom. The quantitative estimate of drug-likeness (QED) is 0.411. The molecule has 0 bridgehead atoms. The van der Waals surface area contributed by atoms with Gasteiger partial charge < -0.3 is 9.80 Å². The van der Waals surface area contributed by atoms with Gasteiger partial charge in [0.1, 0.15) is 5.82 Å².